The molecule has 0 saturated heterocycles. The van der Waals surface area contributed by atoms with Crippen LogP contribution >= 0.6 is 11.6 Å². The molecule has 2 N–H and O–H groups in total. The average Bonchev–Trinajstić information content (AvgIpc) is 3.11. The zero-order valence-corrected chi connectivity index (χ0v) is 9.50. The molecule has 2 fully saturated rings. The number of hydrogen-bond acceptors (Lipinski definition) is 1. The summed E-state index contributed by atoms with van der Waals surface area (Å²) in [6, 6.07) is 8.37. The van der Waals surface area contributed by atoms with E-state index in [9.17, 15) is 0 Å². The summed E-state index contributed by atoms with van der Waals surface area (Å²) in [5.74, 6) is 1.58. The van der Waals surface area contributed by atoms with Gasteiger partial charge < -0.3 is 5.73 Å². The summed E-state index contributed by atoms with van der Waals surface area (Å²) in [5, 5.41) is 0.857. The molecule has 0 bridgehead atoms. The summed E-state index contributed by atoms with van der Waals surface area (Å²) < 4.78 is 0. The molecule has 3 rings (SSSR count). The third-order valence-corrected chi connectivity index (χ3v) is 4.34. The first-order valence-electron chi connectivity index (χ1n) is 5.73. The monoisotopic (exact) mass is 221 g/mol. The van der Waals surface area contributed by atoms with E-state index in [-0.39, 0.29) is 0 Å². The zero-order valence-electron chi connectivity index (χ0n) is 8.75. The van der Waals surface area contributed by atoms with Crippen molar-refractivity contribution in [1.82, 2.24) is 0 Å². The smallest absolute Gasteiger partial charge is 0.0408 e. The largest absolute Gasteiger partial charge is 0.330 e. The van der Waals surface area contributed by atoms with Crippen molar-refractivity contribution in [3.63, 3.8) is 0 Å². The van der Waals surface area contributed by atoms with Crippen molar-refractivity contribution in [2.75, 3.05) is 6.54 Å². The van der Waals surface area contributed by atoms with Crippen LogP contribution in [0.25, 0.3) is 0 Å². The van der Waals surface area contributed by atoms with Gasteiger partial charge in [0.15, 0.2) is 0 Å². The van der Waals surface area contributed by atoms with Crippen molar-refractivity contribution < 1.29 is 0 Å². The maximum absolute atomic E-state index is 6.06. The van der Waals surface area contributed by atoms with Gasteiger partial charge in [0.05, 0.1) is 0 Å². The Morgan fingerprint density at radius 1 is 1.40 bits per heavy atom. The minimum absolute atomic E-state index is 0.402. The molecule has 2 aliphatic carbocycles. The van der Waals surface area contributed by atoms with E-state index in [2.05, 4.69) is 18.2 Å². The standard InChI is InChI=1S/C13H16ClN/c14-12-3-1-2-10(6-12)13(9-4-5-9)7-11(13)8-15/h1-3,6,9,11H,4-5,7-8,15H2/t11-,13?/m0/s1. The van der Waals surface area contributed by atoms with E-state index in [1.54, 1.807) is 0 Å². The molecule has 1 aromatic rings. The highest BCUT2D eigenvalue weighted by molar-refractivity contribution is 6.30. The Bertz CT molecular complexity index is 386. The minimum Gasteiger partial charge on any atom is -0.330 e. The van der Waals surface area contributed by atoms with Crippen molar-refractivity contribution in [3.8, 4) is 0 Å². The Kier molecular flexibility index (Phi) is 2.08. The van der Waals surface area contributed by atoms with Crippen LogP contribution in [0.5, 0.6) is 0 Å². The quantitative estimate of drug-likeness (QED) is 0.835. The number of benzene rings is 1. The molecule has 1 unspecified atom stereocenters. The first kappa shape index (κ1) is 9.68. The third kappa shape index (κ3) is 1.41. The zero-order chi connectivity index (χ0) is 10.5. The number of hydrogen-bond donors (Lipinski definition) is 1. The molecule has 0 radical (unpaired) electrons. The third-order valence-electron chi connectivity index (χ3n) is 4.10. The molecule has 0 aliphatic heterocycles. The first-order chi connectivity index (χ1) is 7.27. The predicted octanol–water partition coefficient (Wildman–Crippen LogP) is 2.97. The molecule has 2 atom stereocenters. The lowest BCUT2D eigenvalue weighted by Crippen LogP contribution is -2.17. The van der Waals surface area contributed by atoms with Crippen molar-refractivity contribution in [2.24, 2.45) is 17.6 Å². The molecule has 0 aromatic heterocycles. The van der Waals surface area contributed by atoms with Crippen LogP contribution in [0.1, 0.15) is 24.8 Å². The van der Waals surface area contributed by atoms with Gasteiger partial charge in [-0.3, -0.25) is 0 Å². The van der Waals surface area contributed by atoms with E-state index in [0.29, 0.717) is 11.3 Å². The van der Waals surface area contributed by atoms with Crippen molar-refractivity contribution >= 4 is 11.6 Å². The van der Waals surface area contributed by atoms with Crippen molar-refractivity contribution in [3.05, 3.63) is 34.9 Å². The van der Waals surface area contributed by atoms with Crippen LogP contribution in [-0.4, -0.2) is 6.54 Å². The normalized spacial score (nSPS) is 34.1. The Morgan fingerprint density at radius 3 is 2.73 bits per heavy atom. The summed E-state index contributed by atoms with van der Waals surface area (Å²) >= 11 is 6.06. The Hall–Kier alpha value is -0.530. The van der Waals surface area contributed by atoms with Crippen LogP contribution in [-0.2, 0) is 5.41 Å². The lowest BCUT2D eigenvalue weighted by atomic mass is 9.88. The van der Waals surface area contributed by atoms with Gasteiger partial charge in [-0.15, -0.1) is 0 Å². The van der Waals surface area contributed by atoms with E-state index in [1.807, 2.05) is 6.07 Å². The molecular weight excluding hydrogens is 206 g/mol. The van der Waals surface area contributed by atoms with Gasteiger partial charge >= 0.3 is 0 Å². The van der Waals surface area contributed by atoms with Crippen LogP contribution in [0, 0.1) is 11.8 Å². The lowest BCUT2D eigenvalue weighted by Gasteiger charge is -2.17. The SMILES string of the molecule is NC[C@@H]1CC1(c1cccc(Cl)c1)C1CC1. The minimum atomic E-state index is 0.402. The van der Waals surface area contributed by atoms with Crippen LogP contribution in [0.2, 0.25) is 5.02 Å². The summed E-state index contributed by atoms with van der Waals surface area (Å²) in [6.45, 7) is 0.822. The van der Waals surface area contributed by atoms with Crippen LogP contribution in [0.3, 0.4) is 0 Å². The highest BCUT2D eigenvalue weighted by atomic mass is 35.5. The van der Waals surface area contributed by atoms with Gasteiger partial charge in [-0.05, 0) is 55.3 Å². The molecule has 1 aromatic carbocycles. The number of rotatable bonds is 3. The maximum Gasteiger partial charge on any atom is 0.0408 e. The van der Waals surface area contributed by atoms with Crippen LogP contribution < -0.4 is 5.73 Å². The molecule has 80 valence electrons. The maximum atomic E-state index is 6.06. The Balaban J connectivity index is 1.97. The molecule has 15 heavy (non-hydrogen) atoms. The second-order valence-electron chi connectivity index (χ2n) is 4.96. The summed E-state index contributed by atoms with van der Waals surface area (Å²) in [4.78, 5) is 0. The molecule has 2 heteroatoms. The van der Waals surface area contributed by atoms with Gasteiger partial charge in [0.2, 0.25) is 0 Å². The van der Waals surface area contributed by atoms with Gasteiger partial charge in [0.1, 0.15) is 0 Å². The van der Waals surface area contributed by atoms with Crippen molar-refractivity contribution in [2.45, 2.75) is 24.7 Å². The van der Waals surface area contributed by atoms with E-state index in [1.165, 1.54) is 24.8 Å². The molecule has 1 nitrogen and oxygen atoms in total. The van der Waals surface area contributed by atoms with Gasteiger partial charge in [-0.1, -0.05) is 23.7 Å². The predicted molar refractivity (Wildman–Crippen MR) is 63.0 cm³/mol. The van der Waals surface area contributed by atoms with Gasteiger partial charge in [-0.2, -0.15) is 0 Å². The lowest BCUT2D eigenvalue weighted by molar-refractivity contribution is 0.535. The Labute approximate surface area is 95.6 Å². The Morgan fingerprint density at radius 2 is 2.20 bits per heavy atom. The van der Waals surface area contributed by atoms with Gasteiger partial charge in [0, 0.05) is 10.4 Å². The molecule has 0 heterocycles. The van der Waals surface area contributed by atoms with Gasteiger partial charge in [0.25, 0.3) is 0 Å². The fourth-order valence-electron chi connectivity index (χ4n) is 3.11. The fraction of sp³-hybridized carbons (Fsp3) is 0.538. The molecule has 0 spiro atoms. The number of nitrogens with two attached hydrogens (primary N) is 1. The van der Waals surface area contributed by atoms with Gasteiger partial charge in [-0.25, -0.2) is 0 Å². The average molecular weight is 222 g/mol. The summed E-state index contributed by atoms with van der Waals surface area (Å²) in [6.07, 6.45) is 4.03. The summed E-state index contributed by atoms with van der Waals surface area (Å²) in [7, 11) is 0. The molecule has 2 aliphatic rings. The number of halogens is 1. The van der Waals surface area contributed by atoms with E-state index in [4.69, 9.17) is 17.3 Å². The van der Waals surface area contributed by atoms with E-state index < -0.39 is 0 Å². The topological polar surface area (TPSA) is 26.0 Å². The first-order valence-corrected chi connectivity index (χ1v) is 6.11. The second kappa shape index (κ2) is 3.23. The highest BCUT2D eigenvalue weighted by Gasteiger charge is 2.61. The highest BCUT2D eigenvalue weighted by Crippen LogP contribution is 2.65. The summed E-state index contributed by atoms with van der Waals surface area (Å²) in [5.41, 5.74) is 7.64. The molecule has 2 saturated carbocycles. The fourth-order valence-corrected chi connectivity index (χ4v) is 3.30. The molecule has 0 amide bonds. The van der Waals surface area contributed by atoms with Crippen molar-refractivity contribution in [1.29, 1.82) is 0 Å². The van der Waals surface area contributed by atoms with E-state index in [0.717, 1.165) is 17.5 Å². The van der Waals surface area contributed by atoms with Crippen LogP contribution in [0.4, 0.5) is 0 Å². The second-order valence-corrected chi connectivity index (χ2v) is 5.40. The van der Waals surface area contributed by atoms with E-state index >= 15 is 0 Å². The van der Waals surface area contributed by atoms with Crippen LogP contribution in [0.15, 0.2) is 24.3 Å². The molecular formula is C13H16ClN.